The Morgan fingerprint density at radius 3 is 2.94 bits per heavy atom. The summed E-state index contributed by atoms with van der Waals surface area (Å²) >= 11 is 1.38. The molecule has 0 amide bonds. The number of nitrogen functional groups attached to an aromatic ring is 1. The molecule has 0 unspecified atom stereocenters. The Labute approximate surface area is 96.9 Å². The largest absolute Gasteiger partial charge is 0.487 e. The van der Waals surface area contributed by atoms with Crippen LogP contribution in [-0.2, 0) is 6.61 Å². The molecule has 16 heavy (non-hydrogen) atoms. The Morgan fingerprint density at radius 2 is 2.25 bits per heavy atom. The molecule has 0 saturated heterocycles. The van der Waals surface area contributed by atoms with Crippen molar-refractivity contribution < 1.29 is 4.74 Å². The fourth-order valence-corrected chi connectivity index (χ4v) is 1.82. The molecule has 0 fully saturated rings. The third kappa shape index (κ3) is 2.30. The number of nitriles is 1. The molecule has 0 aliphatic carbocycles. The minimum Gasteiger partial charge on any atom is -0.487 e. The maximum absolute atomic E-state index is 8.86. The molecule has 2 aromatic rings. The molecule has 0 aliphatic heterocycles. The van der Waals surface area contributed by atoms with Gasteiger partial charge < -0.3 is 10.5 Å². The van der Waals surface area contributed by atoms with Gasteiger partial charge in [-0.3, -0.25) is 0 Å². The molecule has 2 N–H and O–H groups in total. The van der Waals surface area contributed by atoms with Crippen LogP contribution in [0.25, 0.3) is 0 Å². The molecule has 5 heteroatoms. The van der Waals surface area contributed by atoms with Crippen molar-refractivity contribution in [3.8, 4) is 11.8 Å². The van der Waals surface area contributed by atoms with E-state index in [4.69, 9.17) is 15.7 Å². The zero-order chi connectivity index (χ0) is 11.4. The van der Waals surface area contributed by atoms with E-state index in [1.807, 2.05) is 6.07 Å². The third-order valence-electron chi connectivity index (χ3n) is 1.95. The van der Waals surface area contributed by atoms with Crippen molar-refractivity contribution in [1.82, 2.24) is 4.98 Å². The zero-order valence-electron chi connectivity index (χ0n) is 8.38. The first kappa shape index (κ1) is 10.5. The van der Waals surface area contributed by atoms with Crippen LogP contribution in [0.15, 0.2) is 30.5 Å². The molecule has 1 heterocycles. The molecule has 0 radical (unpaired) electrons. The van der Waals surface area contributed by atoms with Gasteiger partial charge in [-0.2, -0.15) is 5.26 Å². The Kier molecular flexibility index (Phi) is 3.03. The monoisotopic (exact) mass is 231 g/mol. The van der Waals surface area contributed by atoms with Crippen molar-refractivity contribution in [3.63, 3.8) is 0 Å². The number of hydrogen-bond acceptors (Lipinski definition) is 5. The Hall–Kier alpha value is -2.06. The smallest absolute Gasteiger partial charge is 0.180 e. The van der Waals surface area contributed by atoms with Crippen molar-refractivity contribution in [2.24, 2.45) is 0 Å². The van der Waals surface area contributed by atoms with E-state index in [0.29, 0.717) is 23.1 Å². The molecule has 2 rings (SSSR count). The van der Waals surface area contributed by atoms with Gasteiger partial charge in [0, 0.05) is 6.20 Å². The molecule has 4 nitrogen and oxygen atoms in total. The number of nitrogens with zero attached hydrogens (tertiary/aromatic N) is 2. The Bertz CT molecular complexity index is 530. The van der Waals surface area contributed by atoms with Gasteiger partial charge in [0.25, 0.3) is 0 Å². The van der Waals surface area contributed by atoms with E-state index < -0.39 is 0 Å². The van der Waals surface area contributed by atoms with Gasteiger partial charge in [0.05, 0.1) is 10.4 Å². The number of ether oxygens (including phenoxy) is 1. The molecule has 0 atom stereocenters. The minimum absolute atomic E-state index is 0.383. The fourth-order valence-electron chi connectivity index (χ4n) is 1.22. The molecule has 80 valence electrons. The van der Waals surface area contributed by atoms with Crippen LogP contribution in [0.4, 0.5) is 5.13 Å². The highest BCUT2D eigenvalue weighted by Gasteiger charge is 2.03. The van der Waals surface area contributed by atoms with E-state index in [1.165, 1.54) is 11.3 Å². The molecule has 0 bridgehead atoms. The number of para-hydroxylation sites is 1. The first-order chi connectivity index (χ1) is 7.79. The van der Waals surface area contributed by atoms with Crippen LogP contribution in [0.1, 0.15) is 10.4 Å². The summed E-state index contributed by atoms with van der Waals surface area (Å²) in [6.45, 7) is 0.383. The van der Waals surface area contributed by atoms with E-state index in [-0.39, 0.29) is 0 Å². The van der Waals surface area contributed by atoms with E-state index in [9.17, 15) is 0 Å². The van der Waals surface area contributed by atoms with Gasteiger partial charge in [-0.05, 0) is 12.1 Å². The highest BCUT2D eigenvalue weighted by molar-refractivity contribution is 7.15. The van der Waals surface area contributed by atoms with Crippen LogP contribution >= 0.6 is 11.3 Å². The van der Waals surface area contributed by atoms with Gasteiger partial charge >= 0.3 is 0 Å². The summed E-state index contributed by atoms with van der Waals surface area (Å²) in [5.74, 6) is 0.581. The van der Waals surface area contributed by atoms with Gasteiger partial charge in [0.2, 0.25) is 0 Å². The minimum atomic E-state index is 0.383. The number of thiazole rings is 1. The number of anilines is 1. The Morgan fingerprint density at radius 1 is 1.44 bits per heavy atom. The summed E-state index contributed by atoms with van der Waals surface area (Å²) in [6.07, 6.45) is 1.68. The van der Waals surface area contributed by atoms with Crippen LogP contribution in [0.3, 0.4) is 0 Å². The van der Waals surface area contributed by atoms with Gasteiger partial charge in [0.1, 0.15) is 18.4 Å². The summed E-state index contributed by atoms with van der Waals surface area (Å²) in [7, 11) is 0. The van der Waals surface area contributed by atoms with E-state index in [1.54, 1.807) is 24.4 Å². The number of benzene rings is 1. The maximum Gasteiger partial charge on any atom is 0.180 e. The van der Waals surface area contributed by atoms with Crippen molar-refractivity contribution in [2.45, 2.75) is 6.61 Å². The lowest BCUT2D eigenvalue weighted by Gasteiger charge is -2.05. The first-order valence-corrected chi connectivity index (χ1v) is 5.43. The predicted octanol–water partition coefficient (Wildman–Crippen LogP) is 2.18. The fraction of sp³-hybridized carbons (Fsp3) is 0.0909. The quantitative estimate of drug-likeness (QED) is 0.878. The van der Waals surface area contributed by atoms with Crippen LogP contribution in [-0.4, -0.2) is 4.98 Å². The van der Waals surface area contributed by atoms with Crippen molar-refractivity contribution in [1.29, 1.82) is 5.26 Å². The SMILES string of the molecule is N#Cc1ccccc1OCc1cnc(N)s1. The van der Waals surface area contributed by atoms with Crippen LogP contribution in [0.2, 0.25) is 0 Å². The molecule has 0 saturated carbocycles. The van der Waals surface area contributed by atoms with Gasteiger partial charge in [-0.15, -0.1) is 0 Å². The standard InChI is InChI=1S/C11H9N3OS/c12-5-8-3-1-2-4-10(8)15-7-9-6-14-11(13)16-9/h1-4,6H,7H2,(H2,13,14). The van der Waals surface area contributed by atoms with E-state index in [2.05, 4.69) is 11.1 Å². The molecule has 1 aromatic heterocycles. The zero-order valence-corrected chi connectivity index (χ0v) is 9.20. The topological polar surface area (TPSA) is 71.9 Å². The average molecular weight is 231 g/mol. The summed E-state index contributed by atoms with van der Waals surface area (Å²) in [5.41, 5.74) is 6.03. The van der Waals surface area contributed by atoms with E-state index >= 15 is 0 Å². The average Bonchev–Trinajstić information content (AvgIpc) is 2.73. The second kappa shape index (κ2) is 4.64. The summed E-state index contributed by atoms with van der Waals surface area (Å²) in [4.78, 5) is 4.86. The van der Waals surface area contributed by atoms with Crippen molar-refractivity contribution in [3.05, 3.63) is 40.9 Å². The van der Waals surface area contributed by atoms with Crippen molar-refractivity contribution in [2.75, 3.05) is 5.73 Å². The van der Waals surface area contributed by atoms with Gasteiger partial charge in [-0.25, -0.2) is 4.98 Å². The lowest BCUT2D eigenvalue weighted by molar-refractivity contribution is 0.308. The Balaban J connectivity index is 2.08. The van der Waals surface area contributed by atoms with Gasteiger partial charge in [-0.1, -0.05) is 23.5 Å². The van der Waals surface area contributed by atoms with Crippen molar-refractivity contribution >= 4 is 16.5 Å². The van der Waals surface area contributed by atoms with E-state index in [0.717, 1.165) is 4.88 Å². The number of nitrogens with two attached hydrogens (primary N) is 1. The number of aromatic nitrogens is 1. The molecule has 1 aromatic carbocycles. The second-order valence-corrected chi connectivity index (χ2v) is 4.21. The maximum atomic E-state index is 8.86. The predicted molar refractivity (Wildman–Crippen MR) is 62.0 cm³/mol. The molecular weight excluding hydrogens is 222 g/mol. The highest BCUT2D eigenvalue weighted by Crippen LogP contribution is 2.20. The number of rotatable bonds is 3. The normalized spacial score (nSPS) is 9.69. The van der Waals surface area contributed by atoms with Crippen LogP contribution in [0.5, 0.6) is 5.75 Å². The number of hydrogen-bond donors (Lipinski definition) is 1. The highest BCUT2D eigenvalue weighted by atomic mass is 32.1. The molecule has 0 spiro atoms. The summed E-state index contributed by atoms with van der Waals surface area (Å²) < 4.78 is 5.52. The second-order valence-electron chi connectivity index (χ2n) is 3.06. The lowest BCUT2D eigenvalue weighted by Crippen LogP contribution is -1.94. The molecule has 0 aliphatic rings. The summed E-state index contributed by atoms with van der Waals surface area (Å²) in [5, 5.41) is 9.38. The first-order valence-electron chi connectivity index (χ1n) is 4.61. The van der Waals surface area contributed by atoms with Crippen LogP contribution in [0, 0.1) is 11.3 Å². The summed E-state index contributed by atoms with van der Waals surface area (Å²) in [6, 6.07) is 9.19. The lowest BCUT2D eigenvalue weighted by atomic mass is 10.2. The molecular formula is C11H9N3OS. The third-order valence-corrected chi connectivity index (χ3v) is 2.75. The van der Waals surface area contributed by atoms with Gasteiger partial charge in [0.15, 0.2) is 5.13 Å². The van der Waals surface area contributed by atoms with Crippen LogP contribution < -0.4 is 10.5 Å².